The number of aryl methyl sites for hydroxylation is 2. The van der Waals surface area contributed by atoms with Gasteiger partial charge in [0.1, 0.15) is 0 Å². The molecule has 0 aliphatic carbocycles. The smallest absolute Gasteiger partial charge is 0.0798 e. The molecule has 2 aromatic rings. The Balaban J connectivity index is 2.37. The van der Waals surface area contributed by atoms with Crippen LogP contribution in [0.1, 0.15) is 36.2 Å². The molecule has 0 amide bonds. The third-order valence-electron chi connectivity index (χ3n) is 3.02. The molecular formula is C13H19N5. The first-order valence-corrected chi connectivity index (χ1v) is 6.22. The largest absolute Gasteiger partial charge is 0.305 e. The highest BCUT2D eigenvalue weighted by atomic mass is 15.4. The summed E-state index contributed by atoms with van der Waals surface area (Å²) in [5.41, 5.74) is 3.47. The summed E-state index contributed by atoms with van der Waals surface area (Å²) >= 11 is 0. The predicted octanol–water partition coefficient (Wildman–Crippen LogP) is 1.61. The fourth-order valence-corrected chi connectivity index (χ4v) is 2.03. The number of aromatic nitrogens is 4. The summed E-state index contributed by atoms with van der Waals surface area (Å²) in [6.45, 7) is 5.19. The van der Waals surface area contributed by atoms with E-state index < -0.39 is 0 Å². The van der Waals surface area contributed by atoms with E-state index in [9.17, 15) is 0 Å². The molecule has 0 bridgehead atoms. The minimum Gasteiger partial charge on any atom is -0.305 e. The maximum atomic E-state index is 4.15. The summed E-state index contributed by atoms with van der Waals surface area (Å²) in [6.07, 6.45) is 6.62. The summed E-state index contributed by atoms with van der Waals surface area (Å²) in [7, 11) is 1.92. The average Bonchev–Trinajstić information content (AvgIpc) is 2.78. The summed E-state index contributed by atoms with van der Waals surface area (Å²) in [5, 5.41) is 11.5. The van der Waals surface area contributed by atoms with Gasteiger partial charge < -0.3 is 5.32 Å². The van der Waals surface area contributed by atoms with Crippen LogP contribution in [-0.2, 0) is 7.05 Å². The third-order valence-corrected chi connectivity index (χ3v) is 3.02. The number of rotatable bonds is 5. The van der Waals surface area contributed by atoms with E-state index in [1.54, 1.807) is 0 Å². The Kier molecular flexibility index (Phi) is 4.04. The molecule has 0 aromatic carbocycles. The summed E-state index contributed by atoms with van der Waals surface area (Å²) < 4.78 is 1.81. The summed E-state index contributed by atoms with van der Waals surface area (Å²) in [5.74, 6) is 0. The van der Waals surface area contributed by atoms with Crippen molar-refractivity contribution in [2.45, 2.75) is 26.3 Å². The molecule has 1 N–H and O–H groups in total. The van der Waals surface area contributed by atoms with Crippen molar-refractivity contribution in [2.24, 2.45) is 7.05 Å². The Morgan fingerprint density at radius 3 is 2.83 bits per heavy atom. The molecular weight excluding hydrogens is 226 g/mol. The lowest BCUT2D eigenvalue weighted by Gasteiger charge is -2.20. The van der Waals surface area contributed by atoms with E-state index in [1.165, 1.54) is 11.1 Å². The number of pyridine rings is 1. The van der Waals surface area contributed by atoms with Crippen LogP contribution in [0.2, 0.25) is 0 Å². The minimum absolute atomic E-state index is 0.118. The van der Waals surface area contributed by atoms with Crippen LogP contribution in [0.25, 0.3) is 0 Å². The zero-order valence-corrected chi connectivity index (χ0v) is 11.1. The van der Waals surface area contributed by atoms with Crippen LogP contribution in [-0.4, -0.2) is 26.5 Å². The maximum absolute atomic E-state index is 4.15. The van der Waals surface area contributed by atoms with Crippen molar-refractivity contribution in [3.05, 3.63) is 41.5 Å². The summed E-state index contributed by atoms with van der Waals surface area (Å²) in [6, 6.07) is 2.17. The molecule has 0 spiro atoms. The number of nitrogens with zero attached hydrogens (tertiary/aromatic N) is 4. The molecule has 2 rings (SSSR count). The monoisotopic (exact) mass is 245 g/mol. The molecule has 0 saturated heterocycles. The Morgan fingerprint density at radius 2 is 2.22 bits per heavy atom. The van der Waals surface area contributed by atoms with Crippen LogP contribution in [0, 0.1) is 6.92 Å². The lowest BCUT2D eigenvalue weighted by Crippen LogP contribution is -2.26. The molecule has 5 nitrogen and oxygen atoms in total. The third kappa shape index (κ3) is 2.56. The molecule has 1 atom stereocenters. The van der Waals surface area contributed by atoms with E-state index >= 15 is 0 Å². The van der Waals surface area contributed by atoms with Crippen molar-refractivity contribution >= 4 is 0 Å². The first-order chi connectivity index (χ1) is 8.74. The minimum atomic E-state index is 0.118. The molecule has 0 saturated carbocycles. The molecule has 5 heteroatoms. The topological polar surface area (TPSA) is 55.6 Å². The highest BCUT2D eigenvalue weighted by Crippen LogP contribution is 2.23. The SMILES string of the molecule is CCCNC(c1ccncc1C)c1cnnn1C. The number of nitrogens with one attached hydrogen (secondary N) is 1. The Bertz CT molecular complexity index is 506. The van der Waals surface area contributed by atoms with Gasteiger partial charge in [0.25, 0.3) is 0 Å². The van der Waals surface area contributed by atoms with Crippen molar-refractivity contribution in [1.82, 2.24) is 25.3 Å². The van der Waals surface area contributed by atoms with Gasteiger partial charge in [-0.15, -0.1) is 5.10 Å². The van der Waals surface area contributed by atoms with E-state index in [-0.39, 0.29) is 6.04 Å². The zero-order chi connectivity index (χ0) is 13.0. The van der Waals surface area contributed by atoms with Gasteiger partial charge in [-0.1, -0.05) is 12.1 Å². The van der Waals surface area contributed by atoms with Gasteiger partial charge in [-0.25, -0.2) is 0 Å². The first-order valence-electron chi connectivity index (χ1n) is 6.22. The van der Waals surface area contributed by atoms with Crippen LogP contribution in [0.3, 0.4) is 0 Å². The standard InChI is InChI=1S/C13H19N5/c1-4-6-15-13(12-9-16-17-18(12)3)11-5-7-14-8-10(11)2/h5,7-9,13,15H,4,6H2,1-3H3. The van der Waals surface area contributed by atoms with E-state index in [0.717, 1.165) is 18.7 Å². The van der Waals surface area contributed by atoms with Gasteiger partial charge in [0.15, 0.2) is 0 Å². The Morgan fingerprint density at radius 1 is 1.39 bits per heavy atom. The number of hydrogen-bond acceptors (Lipinski definition) is 4. The molecule has 2 aromatic heterocycles. The van der Waals surface area contributed by atoms with Gasteiger partial charge in [0.2, 0.25) is 0 Å². The van der Waals surface area contributed by atoms with Crippen molar-refractivity contribution in [1.29, 1.82) is 0 Å². The van der Waals surface area contributed by atoms with Gasteiger partial charge >= 0.3 is 0 Å². The van der Waals surface area contributed by atoms with Crippen LogP contribution in [0.5, 0.6) is 0 Å². The predicted molar refractivity (Wildman–Crippen MR) is 70.1 cm³/mol. The van der Waals surface area contributed by atoms with E-state index in [1.807, 2.05) is 30.3 Å². The van der Waals surface area contributed by atoms with Crippen molar-refractivity contribution in [3.63, 3.8) is 0 Å². The van der Waals surface area contributed by atoms with Crippen LogP contribution >= 0.6 is 0 Å². The molecule has 0 radical (unpaired) electrons. The fraction of sp³-hybridized carbons (Fsp3) is 0.462. The second-order valence-electron chi connectivity index (χ2n) is 4.40. The van der Waals surface area contributed by atoms with Crippen molar-refractivity contribution in [2.75, 3.05) is 6.54 Å². The quantitative estimate of drug-likeness (QED) is 0.869. The van der Waals surface area contributed by atoms with Gasteiger partial charge in [-0.2, -0.15) is 0 Å². The molecule has 2 heterocycles. The van der Waals surface area contributed by atoms with E-state index in [2.05, 4.69) is 40.5 Å². The summed E-state index contributed by atoms with van der Waals surface area (Å²) in [4.78, 5) is 4.15. The van der Waals surface area contributed by atoms with Crippen LogP contribution < -0.4 is 5.32 Å². The molecule has 0 fully saturated rings. The van der Waals surface area contributed by atoms with E-state index in [0.29, 0.717) is 0 Å². The van der Waals surface area contributed by atoms with Gasteiger partial charge in [-0.3, -0.25) is 9.67 Å². The highest BCUT2D eigenvalue weighted by molar-refractivity contribution is 5.31. The Labute approximate surface area is 107 Å². The second kappa shape index (κ2) is 5.73. The average molecular weight is 245 g/mol. The molecule has 96 valence electrons. The van der Waals surface area contributed by atoms with Gasteiger partial charge in [-0.05, 0) is 37.1 Å². The van der Waals surface area contributed by atoms with Crippen LogP contribution in [0.15, 0.2) is 24.7 Å². The molecule has 18 heavy (non-hydrogen) atoms. The fourth-order valence-electron chi connectivity index (χ4n) is 2.03. The Hall–Kier alpha value is -1.75. The zero-order valence-electron chi connectivity index (χ0n) is 11.1. The van der Waals surface area contributed by atoms with Crippen LogP contribution in [0.4, 0.5) is 0 Å². The van der Waals surface area contributed by atoms with Crippen molar-refractivity contribution < 1.29 is 0 Å². The lowest BCUT2D eigenvalue weighted by atomic mass is 10.0. The number of hydrogen-bond donors (Lipinski definition) is 1. The molecule has 0 aliphatic rings. The van der Waals surface area contributed by atoms with Crippen molar-refractivity contribution in [3.8, 4) is 0 Å². The lowest BCUT2D eigenvalue weighted by molar-refractivity contribution is 0.548. The first kappa shape index (κ1) is 12.7. The normalized spacial score (nSPS) is 12.6. The van der Waals surface area contributed by atoms with Gasteiger partial charge in [0, 0.05) is 19.4 Å². The maximum Gasteiger partial charge on any atom is 0.0798 e. The highest BCUT2D eigenvalue weighted by Gasteiger charge is 2.18. The van der Waals surface area contributed by atoms with Gasteiger partial charge in [0.05, 0.1) is 17.9 Å². The second-order valence-corrected chi connectivity index (χ2v) is 4.40. The molecule has 0 aliphatic heterocycles. The molecule has 1 unspecified atom stereocenters. The van der Waals surface area contributed by atoms with E-state index in [4.69, 9.17) is 0 Å².